The molecule has 2 aromatic heterocycles. The Morgan fingerprint density at radius 1 is 1.04 bits per heavy atom. The zero-order valence-corrected chi connectivity index (χ0v) is 15.4. The van der Waals surface area contributed by atoms with Crippen LogP contribution in [0.3, 0.4) is 0 Å². The van der Waals surface area contributed by atoms with E-state index in [0.717, 1.165) is 10.9 Å². The maximum atomic E-state index is 12.8. The Kier molecular flexibility index (Phi) is 4.55. The second-order valence-electron chi connectivity index (χ2n) is 5.40. The van der Waals surface area contributed by atoms with Crippen molar-refractivity contribution < 1.29 is 4.79 Å². The van der Waals surface area contributed by atoms with E-state index in [4.69, 9.17) is 23.2 Å². The number of carbonyl (C=O) groups is 1. The van der Waals surface area contributed by atoms with Crippen LogP contribution >= 0.6 is 34.5 Å². The lowest BCUT2D eigenvalue weighted by atomic mass is 10.0. The molecule has 0 aliphatic rings. The molecule has 5 nitrogen and oxygen atoms in total. The van der Waals surface area contributed by atoms with Gasteiger partial charge in [-0.3, -0.25) is 10.1 Å². The molecule has 2 heterocycles. The second-order valence-corrected chi connectivity index (χ2v) is 7.05. The van der Waals surface area contributed by atoms with E-state index in [0.29, 0.717) is 32.0 Å². The van der Waals surface area contributed by atoms with Crippen LogP contribution in [0.15, 0.2) is 54.0 Å². The number of aromatic nitrogens is 3. The van der Waals surface area contributed by atoms with Crippen LogP contribution in [0, 0.1) is 0 Å². The van der Waals surface area contributed by atoms with Gasteiger partial charge in [-0.1, -0.05) is 58.8 Å². The number of para-hydroxylation sites is 1. The molecule has 128 valence electrons. The summed E-state index contributed by atoms with van der Waals surface area (Å²) in [5, 5.41) is 12.4. The number of rotatable bonds is 3. The third-order valence-corrected chi connectivity index (χ3v) is 5.10. The van der Waals surface area contributed by atoms with Gasteiger partial charge in [0.15, 0.2) is 0 Å². The molecule has 4 rings (SSSR count). The number of amides is 1. The van der Waals surface area contributed by atoms with Gasteiger partial charge in [-0.15, -0.1) is 10.2 Å². The van der Waals surface area contributed by atoms with Crippen LogP contribution in [-0.2, 0) is 0 Å². The summed E-state index contributed by atoms with van der Waals surface area (Å²) < 4.78 is 0. The lowest BCUT2D eigenvalue weighted by Gasteiger charge is -2.10. The van der Waals surface area contributed by atoms with Crippen LogP contribution in [0.4, 0.5) is 5.13 Å². The minimum absolute atomic E-state index is 0.276. The fraction of sp³-hybridized carbons (Fsp3) is 0. The van der Waals surface area contributed by atoms with Crippen molar-refractivity contribution in [3.8, 4) is 11.3 Å². The van der Waals surface area contributed by atoms with Gasteiger partial charge < -0.3 is 0 Å². The van der Waals surface area contributed by atoms with Gasteiger partial charge >= 0.3 is 0 Å². The SMILES string of the molecule is O=C(Nc1nncs1)c1cc(-c2ccc(Cl)c(Cl)c2)nc2ccccc12. The summed E-state index contributed by atoms with van der Waals surface area (Å²) in [6.45, 7) is 0. The molecule has 0 atom stereocenters. The Hall–Kier alpha value is -2.54. The molecular formula is C18H10Cl2N4OS. The fourth-order valence-electron chi connectivity index (χ4n) is 2.56. The molecule has 0 saturated heterocycles. The van der Waals surface area contributed by atoms with Crippen LogP contribution in [0.25, 0.3) is 22.2 Å². The number of benzene rings is 2. The minimum atomic E-state index is -0.276. The fourth-order valence-corrected chi connectivity index (χ4v) is 3.30. The van der Waals surface area contributed by atoms with Gasteiger partial charge in [-0.25, -0.2) is 4.98 Å². The van der Waals surface area contributed by atoms with Crippen LogP contribution in [0.2, 0.25) is 10.0 Å². The molecule has 1 N–H and O–H groups in total. The van der Waals surface area contributed by atoms with Gasteiger partial charge in [0.25, 0.3) is 5.91 Å². The summed E-state index contributed by atoms with van der Waals surface area (Å²) >= 11 is 13.4. The first-order valence-electron chi connectivity index (χ1n) is 7.54. The van der Waals surface area contributed by atoms with Crippen molar-refractivity contribution in [2.45, 2.75) is 0 Å². The van der Waals surface area contributed by atoms with E-state index in [2.05, 4.69) is 20.5 Å². The number of anilines is 1. The van der Waals surface area contributed by atoms with E-state index in [-0.39, 0.29) is 5.91 Å². The largest absolute Gasteiger partial charge is 0.296 e. The summed E-state index contributed by atoms with van der Waals surface area (Å²) in [5.41, 5.74) is 4.16. The molecule has 0 unspecified atom stereocenters. The van der Waals surface area contributed by atoms with E-state index >= 15 is 0 Å². The second kappa shape index (κ2) is 6.99. The minimum Gasteiger partial charge on any atom is -0.296 e. The smallest absolute Gasteiger partial charge is 0.258 e. The van der Waals surface area contributed by atoms with Crippen LogP contribution in [-0.4, -0.2) is 21.1 Å². The molecular weight excluding hydrogens is 391 g/mol. The third-order valence-electron chi connectivity index (χ3n) is 3.76. The standard InChI is InChI=1S/C18H10Cl2N4OS/c19-13-6-5-10(7-14(13)20)16-8-12(11-3-1-2-4-15(11)22-16)17(25)23-18-24-21-9-26-18/h1-9H,(H,23,24,25). The quantitative estimate of drug-likeness (QED) is 0.505. The highest BCUT2D eigenvalue weighted by atomic mass is 35.5. The maximum absolute atomic E-state index is 12.8. The van der Waals surface area contributed by atoms with Gasteiger partial charge in [0.05, 0.1) is 26.8 Å². The first-order valence-corrected chi connectivity index (χ1v) is 9.18. The highest BCUT2D eigenvalue weighted by Gasteiger charge is 2.15. The molecule has 0 aliphatic carbocycles. The highest BCUT2D eigenvalue weighted by Crippen LogP contribution is 2.30. The summed E-state index contributed by atoms with van der Waals surface area (Å²) in [5.74, 6) is -0.276. The molecule has 0 bridgehead atoms. The number of fused-ring (bicyclic) bond motifs is 1. The Balaban J connectivity index is 1.85. The molecule has 26 heavy (non-hydrogen) atoms. The normalized spacial score (nSPS) is 10.8. The number of pyridine rings is 1. The summed E-state index contributed by atoms with van der Waals surface area (Å²) in [7, 11) is 0. The van der Waals surface area contributed by atoms with E-state index in [1.165, 1.54) is 11.3 Å². The topological polar surface area (TPSA) is 67.8 Å². The molecule has 2 aromatic carbocycles. The summed E-state index contributed by atoms with van der Waals surface area (Å²) in [4.78, 5) is 17.4. The van der Waals surface area contributed by atoms with Crippen molar-refractivity contribution in [1.82, 2.24) is 15.2 Å². The van der Waals surface area contributed by atoms with Crippen molar-refractivity contribution in [2.24, 2.45) is 0 Å². The first kappa shape index (κ1) is 16.9. The molecule has 1 amide bonds. The molecule has 8 heteroatoms. The molecule has 4 aromatic rings. The molecule has 0 radical (unpaired) electrons. The van der Waals surface area contributed by atoms with Crippen molar-refractivity contribution in [2.75, 3.05) is 5.32 Å². The summed E-state index contributed by atoms with van der Waals surface area (Å²) in [6.07, 6.45) is 0. The van der Waals surface area contributed by atoms with Crippen molar-refractivity contribution in [3.05, 3.63) is 69.7 Å². The number of hydrogen-bond donors (Lipinski definition) is 1. The van der Waals surface area contributed by atoms with E-state index in [1.54, 1.807) is 23.7 Å². The van der Waals surface area contributed by atoms with Gasteiger partial charge in [-0.2, -0.15) is 0 Å². The number of hydrogen-bond acceptors (Lipinski definition) is 5. The highest BCUT2D eigenvalue weighted by molar-refractivity contribution is 7.13. The monoisotopic (exact) mass is 400 g/mol. The van der Waals surface area contributed by atoms with Crippen LogP contribution in [0.5, 0.6) is 0 Å². The van der Waals surface area contributed by atoms with Crippen molar-refractivity contribution in [3.63, 3.8) is 0 Å². The summed E-state index contributed by atoms with van der Waals surface area (Å²) in [6, 6.07) is 14.4. The van der Waals surface area contributed by atoms with Crippen LogP contribution in [0.1, 0.15) is 10.4 Å². The van der Waals surface area contributed by atoms with Gasteiger partial charge in [0, 0.05) is 10.9 Å². The first-order chi connectivity index (χ1) is 12.6. The Morgan fingerprint density at radius 2 is 1.88 bits per heavy atom. The number of halogens is 2. The van der Waals surface area contributed by atoms with Gasteiger partial charge in [-0.05, 0) is 24.3 Å². The van der Waals surface area contributed by atoms with Crippen molar-refractivity contribution in [1.29, 1.82) is 0 Å². The lowest BCUT2D eigenvalue weighted by molar-refractivity contribution is 0.102. The Labute approximate surface area is 162 Å². The van der Waals surface area contributed by atoms with Gasteiger partial charge in [0.1, 0.15) is 5.51 Å². The maximum Gasteiger partial charge on any atom is 0.258 e. The number of nitrogens with one attached hydrogen (secondary N) is 1. The Morgan fingerprint density at radius 3 is 2.65 bits per heavy atom. The van der Waals surface area contributed by atoms with Crippen molar-refractivity contribution >= 4 is 56.5 Å². The predicted octanol–water partition coefficient (Wildman–Crippen LogP) is 5.31. The van der Waals surface area contributed by atoms with Gasteiger partial charge in [0.2, 0.25) is 5.13 Å². The lowest BCUT2D eigenvalue weighted by Crippen LogP contribution is -2.13. The van der Waals surface area contributed by atoms with Crippen LogP contribution < -0.4 is 5.32 Å². The van der Waals surface area contributed by atoms with E-state index < -0.39 is 0 Å². The molecule has 0 fully saturated rings. The average molecular weight is 401 g/mol. The number of nitrogens with zero attached hydrogens (tertiary/aromatic N) is 3. The van der Waals surface area contributed by atoms with E-state index in [9.17, 15) is 4.79 Å². The molecule has 0 spiro atoms. The zero-order chi connectivity index (χ0) is 18.1. The number of carbonyl (C=O) groups excluding carboxylic acids is 1. The average Bonchev–Trinajstić information content (AvgIpc) is 3.16. The molecule has 0 aliphatic heterocycles. The predicted molar refractivity (Wildman–Crippen MR) is 105 cm³/mol. The zero-order valence-electron chi connectivity index (χ0n) is 13.1. The Bertz CT molecular complexity index is 1120. The third kappa shape index (κ3) is 3.26. The molecule has 0 saturated carbocycles. The van der Waals surface area contributed by atoms with E-state index in [1.807, 2.05) is 30.3 Å².